The van der Waals surface area contributed by atoms with Crippen molar-refractivity contribution in [1.82, 2.24) is 0 Å². The second-order valence-electron chi connectivity index (χ2n) is 4.85. The van der Waals surface area contributed by atoms with E-state index in [0.29, 0.717) is 22.1 Å². The van der Waals surface area contributed by atoms with Crippen LogP contribution < -0.4 is 15.4 Å². The molecule has 0 fully saturated rings. The fraction of sp³-hybridized carbons (Fsp3) is 0.125. The van der Waals surface area contributed by atoms with E-state index in [4.69, 9.17) is 16.3 Å². The van der Waals surface area contributed by atoms with Crippen molar-refractivity contribution in [2.45, 2.75) is 12.5 Å². The number of carbonyl (C=O) groups is 2. The monoisotopic (exact) mass is 316 g/mol. The van der Waals surface area contributed by atoms with Gasteiger partial charge in [0.05, 0.1) is 12.1 Å². The van der Waals surface area contributed by atoms with Gasteiger partial charge in [0.25, 0.3) is 5.91 Å². The number of hydrogen-bond donors (Lipinski definition) is 2. The lowest BCUT2D eigenvalue weighted by Crippen LogP contribution is -2.39. The molecule has 0 saturated heterocycles. The first-order chi connectivity index (χ1) is 10.6. The fourth-order valence-electron chi connectivity index (χ4n) is 2.17. The van der Waals surface area contributed by atoms with Crippen molar-refractivity contribution < 1.29 is 14.3 Å². The Morgan fingerprint density at radius 1 is 1.23 bits per heavy atom. The zero-order chi connectivity index (χ0) is 15.5. The molecule has 22 heavy (non-hydrogen) atoms. The molecule has 2 N–H and O–H groups in total. The number of hydrogen-bond acceptors (Lipinski definition) is 3. The van der Waals surface area contributed by atoms with Crippen LogP contribution in [0.2, 0.25) is 5.02 Å². The molecule has 5 nitrogen and oxygen atoms in total. The van der Waals surface area contributed by atoms with Crippen molar-refractivity contribution >= 4 is 34.8 Å². The van der Waals surface area contributed by atoms with E-state index in [9.17, 15) is 9.59 Å². The lowest BCUT2D eigenvalue weighted by molar-refractivity contribution is -0.128. The van der Waals surface area contributed by atoms with Crippen LogP contribution in [0, 0.1) is 0 Å². The summed E-state index contributed by atoms with van der Waals surface area (Å²) in [6.45, 7) is 0. The number of fused-ring (bicyclic) bond motifs is 1. The smallest absolute Gasteiger partial charge is 0.266 e. The largest absolute Gasteiger partial charge is 0.478 e. The van der Waals surface area contributed by atoms with Gasteiger partial charge in [-0.25, -0.2) is 0 Å². The summed E-state index contributed by atoms with van der Waals surface area (Å²) in [7, 11) is 0. The molecule has 0 bridgehead atoms. The Morgan fingerprint density at radius 2 is 2.05 bits per heavy atom. The number of anilines is 2. The molecule has 112 valence electrons. The van der Waals surface area contributed by atoms with E-state index >= 15 is 0 Å². The summed E-state index contributed by atoms with van der Waals surface area (Å²) in [5.74, 6) is -0.0932. The van der Waals surface area contributed by atoms with Crippen LogP contribution in [0.1, 0.15) is 6.42 Å². The third-order valence-corrected chi connectivity index (χ3v) is 3.42. The number of halogens is 1. The molecule has 0 unspecified atom stereocenters. The summed E-state index contributed by atoms with van der Waals surface area (Å²) < 4.78 is 5.58. The van der Waals surface area contributed by atoms with Gasteiger partial charge in [-0.3, -0.25) is 9.59 Å². The fourth-order valence-corrected chi connectivity index (χ4v) is 2.36. The molecular weight excluding hydrogens is 304 g/mol. The summed E-state index contributed by atoms with van der Waals surface area (Å²) >= 11 is 5.86. The van der Waals surface area contributed by atoms with Gasteiger partial charge in [-0.1, -0.05) is 29.8 Å². The maximum absolute atomic E-state index is 12.0. The van der Waals surface area contributed by atoms with Gasteiger partial charge >= 0.3 is 0 Å². The average molecular weight is 317 g/mol. The minimum atomic E-state index is -0.853. The van der Waals surface area contributed by atoms with E-state index < -0.39 is 6.10 Å². The third kappa shape index (κ3) is 3.20. The van der Waals surface area contributed by atoms with Crippen LogP contribution >= 0.6 is 11.6 Å². The Labute approximate surface area is 132 Å². The van der Waals surface area contributed by atoms with E-state index in [0.717, 1.165) is 0 Å². The van der Waals surface area contributed by atoms with Crippen molar-refractivity contribution in [1.29, 1.82) is 0 Å². The minimum Gasteiger partial charge on any atom is -0.478 e. The van der Waals surface area contributed by atoms with E-state index in [1.165, 1.54) is 0 Å². The first-order valence-corrected chi connectivity index (χ1v) is 7.11. The Hall–Kier alpha value is -2.53. The van der Waals surface area contributed by atoms with E-state index in [1.54, 1.807) is 48.5 Å². The second-order valence-corrected chi connectivity index (χ2v) is 5.29. The highest BCUT2D eigenvalue weighted by atomic mass is 35.5. The van der Waals surface area contributed by atoms with Gasteiger partial charge in [0.1, 0.15) is 5.75 Å². The highest BCUT2D eigenvalue weighted by Gasteiger charge is 2.29. The minimum absolute atomic E-state index is 0.0767. The van der Waals surface area contributed by atoms with Crippen LogP contribution in [0.4, 0.5) is 11.4 Å². The molecule has 0 radical (unpaired) electrons. The lowest BCUT2D eigenvalue weighted by atomic mass is 10.1. The number of amides is 2. The molecule has 0 aliphatic carbocycles. The topological polar surface area (TPSA) is 67.4 Å². The molecule has 1 aliphatic rings. The molecule has 1 aliphatic heterocycles. The van der Waals surface area contributed by atoms with E-state index in [-0.39, 0.29) is 18.2 Å². The number of nitrogens with one attached hydrogen (secondary N) is 2. The van der Waals surface area contributed by atoms with Crippen LogP contribution in [-0.2, 0) is 9.59 Å². The lowest BCUT2D eigenvalue weighted by Gasteiger charge is -2.25. The van der Waals surface area contributed by atoms with Crippen molar-refractivity contribution in [2.24, 2.45) is 0 Å². The van der Waals surface area contributed by atoms with Crippen molar-refractivity contribution in [3.8, 4) is 5.75 Å². The number of para-hydroxylation sites is 2. The number of benzene rings is 2. The molecule has 3 rings (SSSR count). The van der Waals surface area contributed by atoms with Gasteiger partial charge in [-0.2, -0.15) is 0 Å². The molecule has 0 saturated carbocycles. The van der Waals surface area contributed by atoms with Gasteiger partial charge in [0, 0.05) is 10.7 Å². The van der Waals surface area contributed by atoms with Crippen LogP contribution in [0.25, 0.3) is 0 Å². The maximum atomic E-state index is 12.0. The summed E-state index contributed by atoms with van der Waals surface area (Å²) in [5.41, 5.74) is 1.19. The van der Waals surface area contributed by atoms with Crippen LogP contribution in [-0.4, -0.2) is 17.9 Å². The Morgan fingerprint density at radius 3 is 2.86 bits per heavy atom. The quantitative estimate of drug-likeness (QED) is 0.914. The highest BCUT2D eigenvalue weighted by molar-refractivity contribution is 6.30. The average Bonchev–Trinajstić information content (AvgIpc) is 2.48. The molecule has 1 heterocycles. The second kappa shape index (κ2) is 6.07. The molecule has 2 aromatic rings. The molecule has 6 heteroatoms. The standard InChI is InChI=1S/C16H13ClN2O3/c17-10-4-3-5-11(8-10)18-15(20)9-14-16(21)19-12-6-1-2-7-13(12)22-14/h1-8,14H,9H2,(H,18,20)(H,19,21)/t14-/m1/s1. The zero-order valence-electron chi connectivity index (χ0n) is 11.5. The summed E-state index contributed by atoms with van der Waals surface area (Å²) in [4.78, 5) is 24.0. The normalized spacial score (nSPS) is 16.2. The number of carbonyl (C=O) groups excluding carboxylic acids is 2. The molecule has 2 amide bonds. The molecule has 0 spiro atoms. The summed E-state index contributed by atoms with van der Waals surface area (Å²) in [5, 5.41) is 5.94. The first kappa shape index (κ1) is 14.4. The van der Waals surface area contributed by atoms with Gasteiger partial charge in [0.15, 0.2) is 6.10 Å². The SMILES string of the molecule is O=C(C[C@H]1Oc2ccccc2NC1=O)Nc1cccc(Cl)c1. The van der Waals surface area contributed by atoms with Crippen molar-refractivity contribution in [2.75, 3.05) is 10.6 Å². The maximum Gasteiger partial charge on any atom is 0.266 e. The van der Waals surface area contributed by atoms with Crippen LogP contribution in [0.3, 0.4) is 0 Å². The zero-order valence-corrected chi connectivity index (χ0v) is 12.3. The van der Waals surface area contributed by atoms with E-state index in [1.807, 2.05) is 0 Å². The van der Waals surface area contributed by atoms with E-state index in [2.05, 4.69) is 10.6 Å². The molecule has 1 atom stereocenters. The van der Waals surface area contributed by atoms with Gasteiger partial charge < -0.3 is 15.4 Å². The Kier molecular flexibility index (Phi) is 3.98. The van der Waals surface area contributed by atoms with Crippen LogP contribution in [0.5, 0.6) is 5.75 Å². The molecule has 2 aromatic carbocycles. The van der Waals surface area contributed by atoms with Gasteiger partial charge in [-0.15, -0.1) is 0 Å². The summed E-state index contributed by atoms with van der Waals surface area (Å²) in [6, 6.07) is 13.9. The molecule has 0 aromatic heterocycles. The summed E-state index contributed by atoms with van der Waals surface area (Å²) in [6.07, 6.45) is -0.929. The predicted octanol–water partition coefficient (Wildman–Crippen LogP) is 3.07. The number of rotatable bonds is 3. The van der Waals surface area contributed by atoms with Crippen molar-refractivity contribution in [3.63, 3.8) is 0 Å². The van der Waals surface area contributed by atoms with Gasteiger partial charge in [0.2, 0.25) is 5.91 Å². The van der Waals surface area contributed by atoms with Gasteiger partial charge in [-0.05, 0) is 30.3 Å². The predicted molar refractivity (Wildman–Crippen MR) is 84.2 cm³/mol. The third-order valence-electron chi connectivity index (χ3n) is 3.19. The number of ether oxygens (including phenoxy) is 1. The Balaban J connectivity index is 1.66. The van der Waals surface area contributed by atoms with Crippen molar-refractivity contribution in [3.05, 3.63) is 53.6 Å². The molecular formula is C16H13ClN2O3. The highest BCUT2D eigenvalue weighted by Crippen LogP contribution is 2.29. The van der Waals surface area contributed by atoms with Crippen LogP contribution in [0.15, 0.2) is 48.5 Å². The Bertz CT molecular complexity index is 733. The first-order valence-electron chi connectivity index (χ1n) is 6.74.